The number of carbonyl (C=O) groups is 14. The zero-order valence-electron chi connectivity index (χ0n) is 45.5. The number of carboxylic acids is 2. The summed E-state index contributed by atoms with van der Waals surface area (Å²) < 4.78 is 0. The van der Waals surface area contributed by atoms with Crippen LogP contribution in [0.2, 0.25) is 0 Å². The summed E-state index contributed by atoms with van der Waals surface area (Å²) in [5, 5.41) is 42.9. The smallest absolute Gasteiger partial charge is 0.305 e. The molecular weight excluding hydrogens is 1070 g/mol. The highest BCUT2D eigenvalue weighted by atomic mass is 32.1. The Balaban J connectivity index is 1.63. The summed E-state index contributed by atoms with van der Waals surface area (Å²) in [6.45, 7) is 10.9. The van der Waals surface area contributed by atoms with Crippen molar-refractivity contribution in [3.63, 3.8) is 0 Å². The van der Waals surface area contributed by atoms with Gasteiger partial charge in [0.1, 0.15) is 42.3 Å². The van der Waals surface area contributed by atoms with E-state index >= 15 is 0 Å². The summed E-state index contributed by atoms with van der Waals surface area (Å²) >= 11 is 4.19. The molecule has 0 heterocycles. The Hall–Kier alpha value is -8.43. The number of thiol groups is 1. The fourth-order valence-corrected chi connectivity index (χ4v) is 8.32. The summed E-state index contributed by atoms with van der Waals surface area (Å²) in [6, 6.07) is -1.11. The fourth-order valence-electron chi connectivity index (χ4n) is 8.06. The highest BCUT2D eigenvalue weighted by Crippen LogP contribution is 2.35. The van der Waals surface area contributed by atoms with Crippen LogP contribution in [0.3, 0.4) is 0 Å². The first-order valence-electron chi connectivity index (χ1n) is 25.7. The first-order valence-corrected chi connectivity index (χ1v) is 26.3. The van der Waals surface area contributed by atoms with Crippen molar-refractivity contribution in [2.24, 2.45) is 17.8 Å². The Morgan fingerprint density at radius 2 is 1.04 bits per heavy atom. The number of amides is 10. The first kappa shape index (κ1) is 65.9. The standard InChI is InChI=1S/C52H71N11O16S/c1-9-24(5)42(62-47(74)32(17-18-37(67)68)59-48(75)33(19-38(69)70)57-27(8)64)52(79)63-43(25(6)10-2)51(78)61-41(23(3)4)50(77)60-34(22-80)49(76)56-26(7)46(73)55-20-35(65)54-21-36(66)58-31-16-15-30(53)39-40(31)45(72)29-14-12-11-13-28(29)44(39)71/h11-16,23-26,32-34,41-43,80H,9-10,17-22,53H2,1-8H3,(H,54,65)(H,55,73)(H,56,76)(H,57,64)(H,58,66)(H,59,75)(H,60,77)(H,61,78)(H,62,74)(H,63,79)(H,67,68)(H,69,70)/t24-,25-,26-,32-,33-,34-,41-,42-,43-/m0/s1. The van der Waals surface area contributed by atoms with Crippen LogP contribution in [0.25, 0.3) is 0 Å². The van der Waals surface area contributed by atoms with Crippen LogP contribution in [0.15, 0.2) is 36.4 Å². The summed E-state index contributed by atoms with van der Waals surface area (Å²) in [5.74, 6) is -14.7. The number of ketones is 2. The van der Waals surface area contributed by atoms with Gasteiger partial charge in [-0.1, -0.05) is 78.6 Å². The van der Waals surface area contributed by atoms with Crippen molar-refractivity contribution in [2.75, 3.05) is 29.9 Å². The van der Waals surface area contributed by atoms with E-state index in [1.165, 1.54) is 31.2 Å². The van der Waals surface area contributed by atoms with E-state index in [4.69, 9.17) is 5.73 Å². The Morgan fingerprint density at radius 3 is 1.55 bits per heavy atom. The highest BCUT2D eigenvalue weighted by molar-refractivity contribution is 7.80. The van der Waals surface area contributed by atoms with E-state index in [9.17, 15) is 77.3 Å². The van der Waals surface area contributed by atoms with Crippen molar-refractivity contribution in [3.8, 4) is 0 Å². The second kappa shape index (κ2) is 30.6. The number of nitrogens with two attached hydrogens (primary N) is 1. The lowest BCUT2D eigenvalue weighted by Crippen LogP contribution is -2.62. The molecule has 0 bridgehead atoms. The van der Waals surface area contributed by atoms with Crippen molar-refractivity contribution in [1.29, 1.82) is 0 Å². The van der Waals surface area contributed by atoms with Crippen LogP contribution in [0.4, 0.5) is 11.4 Å². The topological polar surface area (TPSA) is 426 Å². The zero-order valence-corrected chi connectivity index (χ0v) is 46.4. The van der Waals surface area contributed by atoms with Crippen molar-refractivity contribution in [1.82, 2.24) is 47.9 Å². The molecule has 3 rings (SSSR count). The highest BCUT2D eigenvalue weighted by Gasteiger charge is 2.38. The average Bonchev–Trinajstić information content (AvgIpc) is 3.40. The maximum atomic E-state index is 14.1. The van der Waals surface area contributed by atoms with Gasteiger partial charge in [-0.25, -0.2) is 0 Å². The third kappa shape index (κ3) is 18.6. The number of hydrogen-bond donors (Lipinski definition) is 14. The summed E-state index contributed by atoms with van der Waals surface area (Å²) in [7, 11) is 0. The molecule has 9 atom stereocenters. The molecule has 0 spiro atoms. The molecule has 1 aliphatic rings. The van der Waals surface area contributed by atoms with Crippen molar-refractivity contribution in [2.45, 2.75) is 130 Å². The number of benzene rings is 2. The quantitative estimate of drug-likeness (QED) is 0.0271. The molecule has 2 aromatic carbocycles. The minimum absolute atomic E-state index is 0.00991. The number of rotatable bonds is 30. The van der Waals surface area contributed by atoms with Gasteiger partial charge in [0, 0.05) is 35.9 Å². The predicted octanol–water partition coefficient (Wildman–Crippen LogP) is -1.33. The molecule has 28 heteroatoms. The number of nitrogens with one attached hydrogen (secondary N) is 10. The molecule has 1 aliphatic carbocycles. The largest absolute Gasteiger partial charge is 0.481 e. The van der Waals surface area contributed by atoms with E-state index in [-0.39, 0.29) is 45.8 Å². The summed E-state index contributed by atoms with van der Waals surface area (Å²) in [5.41, 5.74) is 6.18. The molecule has 0 fully saturated rings. The molecule has 0 aliphatic heterocycles. The minimum Gasteiger partial charge on any atom is -0.481 e. The van der Waals surface area contributed by atoms with Crippen LogP contribution in [0.5, 0.6) is 0 Å². The normalized spacial score (nSPS) is 14.9. The third-order valence-electron chi connectivity index (χ3n) is 13.0. The molecule has 436 valence electrons. The van der Waals surface area contributed by atoms with Gasteiger partial charge in [0.25, 0.3) is 0 Å². The molecule has 0 saturated carbocycles. The van der Waals surface area contributed by atoms with E-state index in [0.717, 1.165) is 6.92 Å². The van der Waals surface area contributed by atoms with Crippen LogP contribution in [0.1, 0.15) is 119 Å². The molecule has 0 aromatic heterocycles. The van der Waals surface area contributed by atoms with Crippen molar-refractivity contribution >= 4 is 107 Å². The Kier molecular flexibility index (Phi) is 25.2. The molecule has 80 heavy (non-hydrogen) atoms. The average molecular weight is 1140 g/mol. The minimum atomic E-state index is -1.64. The number of nitrogen functional groups attached to an aromatic ring is 1. The van der Waals surface area contributed by atoms with E-state index in [1.54, 1.807) is 53.7 Å². The maximum Gasteiger partial charge on any atom is 0.305 e. The zero-order chi connectivity index (χ0) is 60.3. The van der Waals surface area contributed by atoms with E-state index in [1.807, 2.05) is 0 Å². The third-order valence-corrected chi connectivity index (χ3v) is 13.4. The summed E-state index contributed by atoms with van der Waals surface area (Å²) in [6.07, 6.45) is -1.40. The van der Waals surface area contributed by atoms with Crippen LogP contribution < -0.4 is 58.9 Å². The number of aliphatic carboxylic acids is 2. The van der Waals surface area contributed by atoms with Gasteiger partial charge in [-0.15, -0.1) is 0 Å². The van der Waals surface area contributed by atoms with Crippen molar-refractivity contribution in [3.05, 3.63) is 58.7 Å². The molecule has 10 amide bonds. The molecule has 0 unspecified atom stereocenters. The lowest BCUT2D eigenvalue weighted by Gasteiger charge is -2.31. The number of carboxylic acid groups (broad SMARTS) is 2. The van der Waals surface area contributed by atoms with E-state index < -0.39 is 175 Å². The van der Waals surface area contributed by atoms with E-state index in [2.05, 4.69) is 65.8 Å². The Bertz CT molecular complexity index is 2720. The fraction of sp³-hybridized carbons (Fsp3) is 0.500. The lowest BCUT2D eigenvalue weighted by atomic mass is 9.82. The monoisotopic (exact) mass is 1140 g/mol. The Labute approximate surface area is 466 Å². The SMILES string of the molecule is CC[C@H](C)[C@H](NC(=O)[C@H](CCC(=O)O)NC(=O)[C@H](CC(=O)O)NC(C)=O)C(=O)N[C@H](C(=O)N[C@H](C(=O)N[C@@H](CS)C(=O)N[C@@H](C)C(=O)NCC(=O)NCC(=O)Nc1ccc(N)c2c1C(=O)c1ccccc1C2=O)C(C)C)[C@@H](C)CC. The van der Waals surface area contributed by atoms with Crippen LogP contribution in [-0.4, -0.2) is 154 Å². The maximum absolute atomic E-state index is 14.1. The molecule has 0 radical (unpaired) electrons. The predicted molar refractivity (Wildman–Crippen MR) is 290 cm³/mol. The van der Waals surface area contributed by atoms with Crippen molar-refractivity contribution < 1.29 is 77.3 Å². The molecular formula is C52H71N11O16S. The van der Waals surface area contributed by atoms with Crippen LogP contribution >= 0.6 is 12.6 Å². The Morgan fingerprint density at radius 1 is 0.550 bits per heavy atom. The van der Waals surface area contributed by atoms with Gasteiger partial charge in [-0.3, -0.25) is 67.1 Å². The van der Waals surface area contributed by atoms with Gasteiger partial charge in [0.15, 0.2) is 11.6 Å². The van der Waals surface area contributed by atoms with Crippen LogP contribution in [0, 0.1) is 17.8 Å². The van der Waals surface area contributed by atoms with Gasteiger partial charge in [-0.2, -0.15) is 12.6 Å². The number of fused-ring (bicyclic) bond motifs is 2. The molecule has 14 N–H and O–H groups in total. The molecule has 0 saturated heterocycles. The number of hydrogen-bond acceptors (Lipinski definition) is 16. The molecule has 2 aromatic rings. The van der Waals surface area contributed by atoms with E-state index in [0.29, 0.717) is 6.42 Å². The number of carbonyl (C=O) groups excluding carboxylic acids is 12. The van der Waals surface area contributed by atoms with Gasteiger partial charge < -0.3 is 69.1 Å². The molecule has 27 nitrogen and oxygen atoms in total. The van der Waals surface area contributed by atoms with Gasteiger partial charge in [-0.05, 0) is 43.2 Å². The van der Waals surface area contributed by atoms with Gasteiger partial charge in [0.05, 0.1) is 36.3 Å². The first-order chi connectivity index (χ1) is 37.6. The van der Waals surface area contributed by atoms with Crippen LogP contribution in [-0.2, 0) is 57.5 Å². The van der Waals surface area contributed by atoms with Gasteiger partial charge >= 0.3 is 11.9 Å². The summed E-state index contributed by atoms with van der Waals surface area (Å²) in [4.78, 5) is 182. The second-order valence-electron chi connectivity index (χ2n) is 19.5. The lowest BCUT2D eigenvalue weighted by molar-refractivity contribution is -0.141. The second-order valence-corrected chi connectivity index (χ2v) is 19.9. The van der Waals surface area contributed by atoms with Gasteiger partial charge in [0.2, 0.25) is 59.1 Å². The number of anilines is 2.